The van der Waals surface area contributed by atoms with E-state index >= 15 is 0 Å². The first-order valence-electron chi connectivity index (χ1n) is 11.0. The molecule has 0 spiro atoms. The molecular weight excluding hydrogens is 386 g/mol. The molecule has 0 saturated heterocycles. The van der Waals surface area contributed by atoms with E-state index in [1.807, 2.05) is 31.2 Å². The molecule has 0 radical (unpaired) electrons. The van der Waals surface area contributed by atoms with E-state index < -0.39 is 6.04 Å². The molecule has 3 aromatic rings. The number of rotatable bonds is 4. The summed E-state index contributed by atoms with van der Waals surface area (Å²) in [4.78, 5) is 26.4. The summed E-state index contributed by atoms with van der Waals surface area (Å²) in [5.41, 5.74) is 7.59. The van der Waals surface area contributed by atoms with Crippen LogP contribution in [0.1, 0.15) is 53.6 Å². The molecule has 4 rings (SSSR count). The smallest absolute Gasteiger partial charge is 0.271 e. The maximum atomic E-state index is 13.3. The Balaban J connectivity index is 1.81. The second-order valence-electron chi connectivity index (χ2n) is 8.56. The van der Waals surface area contributed by atoms with E-state index in [2.05, 4.69) is 37.4 Å². The first-order chi connectivity index (χ1) is 14.9. The molecule has 1 aromatic heterocycles. The highest BCUT2D eigenvalue weighted by molar-refractivity contribution is 5.94. The summed E-state index contributed by atoms with van der Waals surface area (Å²) in [5.74, 6) is -0.244. The number of hydrogen-bond donors (Lipinski definition) is 1. The summed E-state index contributed by atoms with van der Waals surface area (Å²) >= 11 is 0. The molecule has 5 heteroatoms. The van der Waals surface area contributed by atoms with E-state index in [-0.39, 0.29) is 11.5 Å². The third-order valence-electron chi connectivity index (χ3n) is 6.23. The zero-order valence-corrected chi connectivity index (χ0v) is 18.7. The highest BCUT2D eigenvalue weighted by Crippen LogP contribution is 2.31. The summed E-state index contributed by atoms with van der Waals surface area (Å²) in [6, 6.07) is 13.2. The van der Waals surface area contributed by atoms with Crippen LogP contribution in [0.25, 0.3) is 11.3 Å². The molecule has 0 unspecified atom stereocenters. The number of amides is 1. The number of hydrogen-bond acceptors (Lipinski definition) is 3. The molecule has 0 fully saturated rings. The van der Waals surface area contributed by atoms with Gasteiger partial charge in [-0.2, -0.15) is 5.10 Å². The second-order valence-corrected chi connectivity index (χ2v) is 8.56. The van der Waals surface area contributed by atoms with Crippen molar-refractivity contribution >= 4 is 11.6 Å². The first kappa shape index (κ1) is 21.0. The number of benzene rings is 2. The van der Waals surface area contributed by atoms with Crippen LogP contribution >= 0.6 is 0 Å². The quantitative estimate of drug-likeness (QED) is 0.658. The van der Waals surface area contributed by atoms with Crippen LogP contribution in [0.15, 0.2) is 47.3 Å². The summed E-state index contributed by atoms with van der Waals surface area (Å²) in [7, 11) is 0. The van der Waals surface area contributed by atoms with Gasteiger partial charge in [-0.1, -0.05) is 35.9 Å². The van der Waals surface area contributed by atoms with Crippen molar-refractivity contribution in [3.05, 3.63) is 80.6 Å². The minimum Gasteiger partial charge on any atom is -0.324 e. The van der Waals surface area contributed by atoms with Gasteiger partial charge in [-0.3, -0.25) is 9.59 Å². The van der Waals surface area contributed by atoms with Gasteiger partial charge in [0.1, 0.15) is 6.04 Å². The number of carbonyl (C=O) groups is 1. The summed E-state index contributed by atoms with van der Waals surface area (Å²) in [5, 5.41) is 7.74. The highest BCUT2D eigenvalue weighted by atomic mass is 16.2. The van der Waals surface area contributed by atoms with Gasteiger partial charge < -0.3 is 5.32 Å². The number of fused-ring (bicyclic) bond motifs is 1. The maximum Gasteiger partial charge on any atom is 0.271 e. The molecule has 1 aliphatic carbocycles. The van der Waals surface area contributed by atoms with Crippen molar-refractivity contribution < 1.29 is 4.79 Å². The minimum absolute atomic E-state index is 0.142. The van der Waals surface area contributed by atoms with E-state index in [0.29, 0.717) is 0 Å². The summed E-state index contributed by atoms with van der Waals surface area (Å²) in [6.07, 6.45) is 3.63. The predicted molar refractivity (Wildman–Crippen MR) is 125 cm³/mol. The average molecular weight is 416 g/mol. The van der Waals surface area contributed by atoms with Crippen molar-refractivity contribution in [3.63, 3.8) is 0 Å². The number of carbonyl (C=O) groups excluding carboxylic acids is 1. The lowest BCUT2D eigenvalue weighted by molar-refractivity contribution is -0.119. The molecule has 1 N–H and O–H groups in total. The van der Waals surface area contributed by atoms with E-state index in [1.165, 1.54) is 4.68 Å². The molecule has 160 valence electrons. The van der Waals surface area contributed by atoms with Crippen molar-refractivity contribution in [3.8, 4) is 11.3 Å². The zero-order valence-electron chi connectivity index (χ0n) is 18.7. The Hall–Kier alpha value is -3.21. The van der Waals surface area contributed by atoms with Crippen LogP contribution in [0.2, 0.25) is 0 Å². The number of aromatic nitrogens is 2. The molecule has 1 aliphatic rings. The van der Waals surface area contributed by atoms with Crippen molar-refractivity contribution in [1.29, 1.82) is 0 Å². The fourth-order valence-corrected chi connectivity index (χ4v) is 4.29. The molecule has 2 aromatic carbocycles. The predicted octanol–water partition coefficient (Wildman–Crippen LogP) is 4.91. The Kier molecular flexibility index (Phi) is 5.77. The fourth-order valence-electron chi connectivity index (χ4n) is 4.29. The van der Waals surface area contributed by atoms with Gasteiger partial charge in [0.2, 0.25) is 5.91 Å². The first-order valence-corrected chi connectivity index (χ1v) is 11.0. The van der Waals surface area contributed by atoms with E-state index in [4.69, 9.17) is 5.10 Å². The van der Waals surface area contributed by atoms with Crippen LogP contribution in [0.3, 0.4) is 0 Å². The van der Waals surface area contributed by atoms with Crippen LogP contribution in [-0.2, 0) is 17.6 Å². The maximum absolute atomic E-state index is 13.3. The standard InChI is InChI=1S/C26H29N3O2/c1-16-13-14-17(2)22(15-16)24-20-10-6-7-11-21(20)26(31)29(28-24)19(4)25(30)27-23-12-8-5-9-18(23)3/h5,8-9,12-15,19H,6-7,10-11H2,1-4H3,(H,27,30)/t19-/m0/s1. The molecule has 1 amide bonds. The SMILES string of the molecule is Cc1ccc(C)c(-c2nn([C@@H](C)C(=O)Nc3ccccc3C)c(=O)c3c2CCCC3)c1. The minimum atomic E-state index is -0.719. The summed E-state index contributed by atoms with van der Waals surface area (Å²) < 4.78 is 1.38. The molecule has 1 atom stereocenters. The molecule has 1 heterocycles. The van der Waals surface area contributed by atoms with Crippen LogP contribution in [0, 0.1) is 20.8 Å². The lowest BCUT2D eigenvalue weighted by atomic mass is 9.88. The second kappa shape index (κ2) is 8.50. The number of anilines is 1. The van der Waals surface area contributed by atoms with Crippen LogP contribution < -0.4 is 10.9 Å². The van der Waals surface area contributed by atoms with Gasteiger partial charge in [-0.05, 0) is 82.2 Å². The Labute approximate surface area is 183 Å². The normalized spacial score (nSPS) is 14.1. The number of nitrogens with zero attached hydrogens (tertiary/aromatic N) is 2. The molecule has 0 saturated carbocycles. The van der Waals surface area contributed by atoms with E-state index in [0.717, 1.165) is 70.4 Å². The summed E-state index contributed by atoms with van der Waals surface area (Å²) in [6.45, 7) is 7.81. The lowest BCUT2D eigenvalue weighted by Gasteiger charge is -2.23. The van der Waals surface area contributed by atoms with Gasteiger partial charge in [0.05, 0.1) is 5.69 Å². The van der Waals surface area contributed by atoms with Crippen LogP contribution in [0.5, 0.6) is 0 Å². The number of para-hydroxylation sites is 1. The van der Waals surface area contributed by atoms with Crippen molar-refractivity contribution in [2.45, 2.75) is 59.4 Å². The molecule has 5 nitrogen and oxygen atoms in total. The van der Waals surface area contributed by atoms with Crippen molar-refractivity contribution in [2.24, 2.45) is 0 Å². The van der Waals surface area contributed by atoms with Gasteiger partial charge in [0.25, 0.3) is 5.56 Å². The van der Waals surface area contributed by atoms with Crippen molar-refractivity contribution in [1.82, 2.24) is 9.78 Å². The van der Waals surface area contributed by atoms with Gasteiger partial charge in [-0.15, -0.1) is 0 Å². The molecular formula is C26H29N3O2. The van der Waals surface area contributed by atoms with Crippen LogP contribution in [-0.4, -0.2) is 15.7 Å². The third kappa shape index (κ3) is 4.05. The van der Waals surface area contributed by atoms with Gasteiger partial charge >= 0.3 is 0 Å². The topological polar surface area (TPSA) is 64.0 Å². The Morgan fingerprint density at radius 2 is 1.71 bits per heavy atom. The fraction of sp³-hybridized carbons (Fsp3) is 0.346. The monoisotopic (exact) mass is 415 g/mol. The molecule has 31 heavy (non-hydrogen) atoms. The van der Waals surface area contributed by atoms with Gasteiger partial charge in [-0.25, -0.2) is 4.68 Å². The van der Waals surface area contributed by atoms with E-state index in [1.54, 1.807) is 6.92 Å². The van der Waals surface area contributed by atoms with E-state index in [9.17, 15) is 9.59 Å². The molecule has 0 aliphatic heterocycles. The van der Waals surface area contributed by atoms with Gasteiger partial charge in [0.15, 0.2) is 0 Å². The third-order valence-corrected chi connectivity index (χ3v) is 6.23. The zero-order chi connectivity index (χ0) is 22.1. The Bertz CT molecular complexity index is 1210. The van der Waals surface area contributed by atoms with Gasteiger partial charge in [0, 0.05) is 16.8 Å². The largest absolute Gasteiger partial charge is 0.324 e. The Morgan fingerprint density at radius 1 is 1.00 bits per heavy atom. The molecule has 0 bridgehead atoms. The van der Waals surface area contributed by atoms with Crippen LogP contribution in [0.4, 0.5) is 5.69 Å². The van der Waals surface area contributed by atoms with Crippen molar-refractivity contribution in [2.75, 3.05) is 5.32 Å². The highest BCUT2D eigenvalue weighted by Gasteiger charge is 2.26. The Morgan fingerprint density at radius 3 is 2.45 bits per heavy atom. The number of nitrogens with one attached hydrogen (secondary N) is 1. The number of aryl methyl sites for hydroxylation is 3. The average Bonchev–Trinajstić information content (AvgIpc) is 2.77. The lowest BCUT2D eigenvalue weighted by Crippen LogP contribution is -2.37.